The van der Waals surface area contributed by atoms with E-state index < -0.39 is 0 Å². The summed E-state index contributed by atoms with van der Waals surface area (Å²) in [7, 11) is 0. The number of amides is 1. The number of carbonyl (C=O) groups is 1. The van der Waals surface area contributed by atoms with Crippen molar-refractivity contribution in [3.05, 3.63) is 58.6 Å². The molecule has 0 spiro atoms. The van der Waals surface area contributed by atoms with Crippen molar-refractivity contribution >= 4 is 40.0 Å². The van der Waals surface area contributed by atoms with E-state index in [-0.39, 0.29) is 5.91 Å². The minimum atomic E-state index is -0.193. The quantitative estimate of drug-likeness (QED) is 0.335. The van der Waals surface area contributed by atoms with Crippen LogP contribution in [0.5, 0.6) is 0 Å². The van der Waals surface area contributed by atoms with E-state index in [4.69, 9.17) is 4.42 Å². The molecule has 9 heteroatoms. The number of rotatable bonds is 8. The zero-order chi connectivity index (χ0) is 20.2. The molecule has 0 aliphatic carbocycles. The van der Waals surface area contributed by atoms with Gasteiger partial charge in [0, 0.05) is 36.0 Å². The Morgan fingerprint density at radius 1 is 1.28 bits per heavy atom. The first-order chi connectivity index (χ1) is 14.1. The molecule has 4 aromatic rings. The van der Waals surface area contributed by atoms with Gasteiger partial charge in [0.2, 0.25) is 0 Å². The Bertz CT molecular complexity index is 1130. The van der Waals surface area contributed by atoms with Crippen LogP contribution >= 0.6 is 23.1 Å². The van der Waals surface area contributed by atoms with Crippen molar-refractivity contribution in [1.82, 2.24) is 25.3 Å². The first-order valence-electron chi connectivity index (χ1n) is 9.31. The number of nitrogens with zero attached hydrogens (tertiary/aromatic N) is 4. The van der Waals surface area contributed by atoms with E-state index in [0.717, 1.165) is 38.8 Å². The van der Waals surface area contributed by atoms with Crippen molar-refractivity contribution < 1.29 is 9.21 Å². The lowest BCUT2D eigenvalue weighted by molar-refractivity contribution is 0.0926. The van der Waals surface area contributed by atoms with Gasteiger partial charge in [0.15, 0.2) is 10.1 Å². The van der Waals surface area contributed by atoms with Gasteiger partial charge >= 0.3 is 0 Å². The molecule has 29 heavy (non-hydrogen) atoms. The Kier molecular flexibility index (Phi) is 5.96. The molecule has 0 aliphatic rings. The Morgan fingerprint density at radius 2 is 2.14 bits per heavy atom. The standard InChI is InChI=1S/C20H21N5O2S2/c1-13-10-22-25(11-13)9-5-8-21-19(26)18-16(12-28-20-24-23-14(2)29-20)15-6-3-4-7-17(15)27-18/h3-4,6-7,10-11H,5,8-9,12H2,1-2H3,(H,21,26). The third-order valence-corrected chi connectivity index (χ3v) is 6.36. The van der Waals surface area contributed by atoms with Crippen molar-refractivity contribution in [3.8, 4) is 0 Å². The number of nitrogens with one attached hydrogen (secondary N) is 1. The summed E-state index contributed by atoms with van der Waals surface area (Å²) in [4.78, 5) is 12.8. The molecule has 3 heterocycles. The fourth-order valence-corrected chi connectivity index (χ4v) is 4.85. The second-order valence-electron chi connectivity index (χ2n) is 6.67. The topological polar surface area (TPSA) is 85.8 Å². The second-order valence-corrected chi connectivity index (χ2v) is 9.08. The van der Waals surface area contributed by atoms with Crippen LogP contribution < -0.4 is 5.32 Å². The first kappa shape index (κ1) is 19.7. The van der Waals surface area contributed by atoms with Gasteiger partial charge in [-0.2, -0.15) is 5.10 Å². The van der Waals surface area contributed by atoms with Crippen molar-refractivity contribution in [2.75, 3.05) is 6.54 Å². The highest BCUT2D eigenvalue weighted by atomic mass is 32.2. The Hall–Kier alpha value is -2.65. The molecule has 1 N–H and O–H groups in total. The Morgan fingerprint density at radius 3 is 2.90 bits per heavy atom. The molecule has 0 aliphatic heterocycles. The average molecular weight is 428 g/mol. The predicted molar refractivity (Wildman–Crippen MR) is 114 cm³/mol. The molecular weight excluding hydrogens is 406 g/mol. The highest BCUT2D eigenvalue weighted by Gasteiger charge is 2.20. The van der Waals surface area contributed by atoms with E-state index >= 15 is 0 Å². The summed E-state index contributed by atoms with van der Waals surface area (Å²) in [5.41, 5.74) is 2.73. The van der Waals surface area contributed by atoms with Gasteiger partial charge in [-0.25, -0.2) is 0 Å². The molecule has 0 radical (unpaired) electrons. The number of fused-ring (bicyclic) bond motifs is 1. The molecule has 3 aromatic heterocycles. The van der Waals surface area contributed by atoms with E-state index in [2.05, 4.69) is 20.6 Å². The number of thioether (sulfide) groups is 1. The van der Waals surface area contributed by atoms with Crippen LogP contribution in [0.25, 0.3) is 11.0 Å². The summed E-state index contributed by atoms with van der Waals surface area (Å²) in [5.74, 6) is 0.776. The van der Waals surface area contributed by atoms with E-state index in [9.17, 15) is 4.79 Å². The summed E-state index contributed by atoms with van der Waals surface area (Å²) in [6, 6.07) is 7.73. The second kappa shape index (κ2) is 8.79. The number of benzene rings is 1. The summed E-state index contributed by atoms with van der Waals surface area (Å²) in [5, 5.41) is 17.3. The van der Waals surface area contributed by atoms with Crippen LogP contribution in [0.1, 0.15) is 33.1 Å². The third kappa shape index (κ3) is 4.68. The molecule has 0 fully saturated rings. The van der Waals surface area contributed by atoms with Gasteiger partial charge in [-0.1, -0.05) is 41.3 Å². The van der Waals surface area contributed by atoms with E-state index in [0.29, 0.717) is 23.6 Å². The van der Waals surface area contributed by atoms with Crippen molar-refractivity contribution in [2.45, 2.75) is 36.9 Å². The molecule has 7 nitrogen and oxygen atoms in total. The first-order valence-corrected chi connectivity index (χ1v) is 11.1. The molecule has 0 bridgehead atoms. The number of hydrogen-bond acceptors (Lipinski definition) is 7. The van der Waals surface area contributed by atoms with Gasteiger partial charge in [0.05, 0.1) is 6.20 Å². The maximum atomic E-state index is 12.8. The van der Waals surface area contributed by atoms with Crippen LogP contribution in [0.15, 0.2) is 45.4 Å². The maximum Gasteiger partial charge on any atom is 0.287 e. The monoisotopic (exact) mass is 427 g/mol. The molecule has 0 saturated heterocycles. The maximum absolute atomic E-state index is 12.8. The lowest BCUT2D eigenvalue weighted by atomic mass is 10.1. The molecule has 1 aromatic carbocycles. The molecule has 0 unspecified atom stereocenters. The van der Waals surface area contributed by atoms with Crippen molar-refractivity contribution in [2.24, 2.45) is 0 Å². The number of para-hydroxylation sites is 1. The lowest BCUT2D eigenvalue weighted by Crippen LogP contribution is -2.25. The smallest absolute Gasteiger partial charge is 0.287 e. The van der Waals surface area contributed by atoms with Crippen LogP contribution in [-0.2, 0) is 12.3 Å². The fourth-order valence-electron chi connectivity index (χ4n) is 3.01. The average Bonchev–Trinajstić information content (AvgIpc) is 3.42. The third-order valence-electron chi connectivity index (χ3n) is 4.36. The number of hydrogen-bond donors (Lipinski definition) is 1. The van der Waals surface area contributed by atoms with Gasteiger partial charge in [-0.3, -0.25) is 9.48 Å². The van der Waals surface area contributed by atoms with Crippen LogP contribution in [0.2, 0.25) is 0 Å². The zero-order valence-corrected chi connectivity index (χ0v) is 17.8. The van der Waals surface area contributed by atoms with Gasteiger partial charge < -0.3 is 9.73 Å². The molecule has 0 saturated carbocycles. The van der Waals surface area contributed by atoms with Gasteiger partial charge in [-0.05, 0) is 31.9 Å². The molecule has 0 atom stereocenters. The number of furan rings is 1. The minimum absolute atomic E-state index is 0.193. The predicted octanol–water partition coefficient (Wildman–Crippen LogP) is 4.21. The van der Waals surface area contributed by atoms with Crippen LogP contribution in [-0.4, -0.2) is 32.4 Å². The van der Waals surface area contributed by atoms with Crippen molar-refractivity contribution in [3.63, 3.8) is 0 Å². The van der Waals surface area contributed by atoms with Gasteiger partial charge in [0.1, 0.15) is 10.6 Å². The highest BCUT2D eigenvalue weighted by molar-refractivity contribution is 8.00. The normalized spacial score (nSPS) is 11.2. The number of aryl methyl sites for hydroxylation is 3. The SMILES string of the molecule is Cc1cnn(CCCNC(=O)c2oc3ccccc3c2CSc2nnc(C)s2)c1. The van der Waals surface area contributed by atoms with E-state index in [1.165, 1.54) is 0 Å². The minimum Gasteiger partial charge on any atom is -0.451 e. The van der Waals surface area contributed by atoms with E-state index in [1.807, 2.05) is 55.2 Å². The summed E-state index contributed by atoms with van der Waals surface area (Å²) >= 11 is 3.11. The molecule has 1 amide bonds. The fraction of sp³-hybridized carbons (Fsp3) is 0.300. The zero-order valence-electron chi connectivity index (χ0n) is 16.2. The largest absolute Gasteiger partial charge is 0.451 e. The number of aromatic nitrogens is 4. The van der Waals surface area contributed by atoms with Crippen LogP contribution in [0.3, 0.4) is 0 Å². The van der Waals surface area contributed by atoms with Crippen LogP contribution in [0.4, 0.5) is 0 Å². The highest BCUT2D eigenvalue weighted by Crippen LogP contribution is 2.33. The van der Waals surface area contributed by atoms with Crippen molar-refractivity contribution in [1.29, 1.82) is 0 Å². The molecule has 4 rings (SSSR count). The number of carbonyl (C=O) groups excluding carboxylic acids is 1. The Labute approximate surface area is 176 Å². The van der Waals surface area contributed by atoms with Gasteiger partial charge in [-0.15, -0.1) is 10.2 Å². The molecule has 150 valence electrons. The van der Waals surface area contributed by atoms with E-state index in [1.54, 1.807) is 23.1 Å². The van der Waals surface area contributed by atoms with Crippen LogP contribution in [0, 0.1) is 13.8 Å². The summed E-state index contributed by atoms with van der Waals surface area (Å²) < 4.78 is 8.66. The molecular formula is C20H21N5O2S2. The Balaban J connectivity index is 1.44. The lowest BCUT2D eigenvalue weighted by Gasteiger charge is -2.05. The summed E-state index contributed by atoms with van der Waals surface area (Å²) in [6.07, 6.45) is 4.61. The van der Waals surface area contributed by atoms with Gasteiger partial charge in [0.25, 0.3) is 5.91 Å². The summed E-state index contributed by atoms with van der Waals surface area (Å²) in [6.45, 7) is 5.25.